The van der Waals surface area contributed by atoms with Crippen LogP contribution in [0.5, 0.6) is 11.5 Å². The monoisotopic (exact) mass is 357 g/mol. The first-order chi connectivity index (χ1) is 13.2. The fourth-order valence-corrected chi connectivity index (χ4v) is 3.11. The summed E-state index contributed by atoms with van der Waals surface area (Å²) in [5.74, 6) is 1.53. The van der Waals surface area contributed by atoms with Gasteiger partial charge in [0.2, 0.25) is 5.95 Å². The predicted octanol–water partition coefficient (Wildman–Crippen LogP) is 4.56. The quantitative estimate of drug-likeness (QED) is 0.580. The molecule has 0 atom stereocenters. The first-order valence-corrected chi connectivity index (χ1v) is 8.54. The molecule has 27 heavy (non-hydrogen) atoms. The average Bonchev–Trinajstić information content (AvgIpc) is 2.72. The molecule has 134 valence electrons. The number of nitrogens with two attached hydrogens (primary N) is 1. The van der Waals surface area contributed by atoms with E-state index in [1.54, 1.807) is 14.2 Å². The molecule has 5 heteroatoms. The smallest absolute Gasteiger partial charge is 0.221 e. The Morgan fingerprint density at radius 3 is 2.00 bits per heavy atom. The highest BCUT2D eigenvalue weighted by atomic mass is 16.5. The van der Waals surface area contributed by atoms with E-state index in [4.69, 9.17) is 15.2 Å². The molecule has 4 aromatic rings. The van der Waals surface area contributed by atoms with Crippen molar-refractivity contribution in [3.05, 3.63) is 66.7 Å². The topological polar surface area (TPSA) is 70.3 Å². The zero-order valence-electron chi connectivity index (χ0n) is 15.1. The van der Waals surface area contributed by atoms with E-state index in [1.807, 2.05) is 42.5 Å². The van der Waals surface area contributed by atoms with Crippen molar-refractivity contribution < 1.29 is 9.47 Å². The summed E-state index contributed by atoms with van der Waals surface area (Å²) in [5, 5.41) is 2.34. The van der Waals surface area contributed by atoms with E-state index in [0.717, 1.165) is 27.9 Å². The van der Waals surface area contributed by atoms with Crippen LogP contribution in [0.4, 0.5) is 5.95 Å². The van der Waals surface area contributed by atoms with E-state index in [-0.39, 0.29) is 5.95 Å². The first-order valence-electron chi connectivity index (χ1n) is 8.54. The molecule has 0 fully saturated rings. The summed E-state index contributed by atoms with van der Waals surface area (Å²) >= 11 is 0. The Morgan fingerprint density at radius 2 is 1.30 bits per heavy atom. The lowest BCUT2D eigenvalue weighted by Gasteiger charge is -2.11. The second kappa shape index (κ2) is 6.96. The lowest BCUT2D eigenvalue weighted by atomic mass is 10.0. The molecule has 0 radical (unpaired) electrons. The minimum Gasteiger partial charge on any atom is -0.493 e. The summed E-state index contributed by atoms with van der Waals surface area (Å²) < 4.78 is 10.7. The van der Waals surface area contributed by atoms with Crippen LogP contribution in [0.3, 0.4) is 0 Å². The van der Waals surface area contributed by atoms with Gasteiger partial charge in [0.05, 0.1) is 25.6 Å². The van der Waals surface area contributed by atoms with Gasteiger partial charge in [-0.15, -0.1) is 0 Å². The number of hydrogen-bond acceptors (Lipinski definition) is 5. The number of hydrogen-bond donors (Lipinski definition) is 1. The number of benzene rings is 3. The van der Waals surface area contributed by atoms with Gasteiger partial charge >= 0.3 is 0 Å². The maximum atomic E-state index is 6.00. The van der Waals surface area contributed by atoms with Crippen molar-refractivity contribution in [1.29, 1.82) is 0 Å². The molecule has 3 aromatic carbocycles. The summed E-state index contributed by atoms with van der Waals surface area (Å²) in [6.45, 7) is 0. The lowest BCUT2D eigenvalue weighted by molar-refractivity contribution is 0.355. The molecule has 1 aromatic heterocycles. The number of ether oxygens (including phenoxy) is 2. The van der Waals surface area contributed by atoms with Gasteiger partial charge in [0.1, 0.15) is 0 Å². The normalized spacial score (nSPS) is 10.7. The highest BCUT2D eigenvalue weighted by Crippen LogP contribution is 2.33. The number of nitrogens with zero attached hydrogens (tertiary/aromatic N) is 2. The van der Waals surface area contributed by atoms with Crippen molar-refractivity contribution in [3.8, 4) is 34.0 Å². The minimum absolute atomic E-state index is 0.227. The Balaban J connectivity index is 1.81. The molecule has 0 spiro atoms. The standard InChI is InChI=1S/C22H19N3O2/c1-26-20-10-9-17(12-21(20)27-2)19-13-18(24-22(23)25-19)16-8-7-14-5-3-4-6-15(14)11-16/h3-13H,1-2H3,(H2,23,24,25). The van der Waals surface area contributed by atoms with Gasteiger partial charge < -0.3 is 15.2 Å². The van der Waals surface area contributed by atoms with E-state index in [9.17, 15) is 0 Å². The molecule has 5 nitrogen and oxygen atoms in total. The summed E-state index contributed by atoms with van der Waals surface area (Å²) in [4.78, 5) is 8.82. The Bertz CT molecular complexity index is 1130. The molecule has 0 bridgehead atoms. The summed E-state index contributed by atoms with van der Waals surface area (Å²) in [6.07, 6.45) is 0. The number of fused-ring (bicyclic) bond motifs is 1. The Kier molecular flexibility index (Phi) is 4.34. The second-order valence-electron chi connectivity index (χ2n) is 6.13. The molecule has 0 saturated heterocycles. The summed E-state index contributed by atoms with van der Waals surface area (Å²) in [5.41, 5.74) is 9.37. The van der Waals surface area contributed by atoms with Crippen LogP contribution < -0.4 is 15.2 Å². The van der Waals surface area contributed by atoms with Gasteiger partial charge in [-0.2, -0.15) is 0 Å². The van der Waals surface area contributed by atoms with Crippen LogP contribution in [0.15, 0.2) is 66.7 Å². The van der Waals surface area contributed by atoms with Crippen LogP contribution in [0.2, 0.25) is 0 Å². The number of anilines is 1. The van der Waals surface area contributed by atoms with Gasteiger partial charge in [-0.3, -0.25) is 0 Å². The Hall–Kier alpha value is -3.60. The average molecular weight is 357 g/mol. The molecule has 2 N–H and O–H groups in total. The van der Waals surface area contributed by atoms with E-state index in [1.165, 1.54) is 5.39 Å². The Labute approximate surface area is 157 Å². The molecule has 0 unspecified atom stereocenters. The van der Waals surface area contributed by atoms with Crippen molar-refractivity contribution in [2.45, 2.75) is 0 Å². The predicted molar refractivity (Wildman–Crippen MR) is 108 cm³/mol. The van der Waals surface area contributed by atoms with Crippen molar-refractivity contribution in [1.82, 2.24) is 9.97 Å². The molecule has 0 saturated carbocycles. The molecule has 1 heterocycles. The highest BCUT2D eigenvalue weighted by molar-refractivity contribution is 5.87. The maximum Gasteiger partial charge on any atom is 0.221 e. The van der Waals surface area contributed by atoms with Crippen LogP contribution in [0.25, 0.3) is 33.3 Å². The SMILES string of the molecule is COc1ccc(-c2cc(-c3ccc4ccccc4c3)nc(N)n2)cc1OC. The fraction of sp³-hybridized carbons (Fsp3) is 0.0909. The second-order valence-corrected chi connectivity index (χ2v) is 6.13. The van der Waals surface area contributed by atoms with Crippen LogP contribution in [0, 0.1) is 0 Å². The number of aromatic nitrogens is 2. The largest absolute Gasteiger partial charge is 0.493 e. The fourth-order valence-electron chi connectivity index (χ4n) is 3.11. The third kappa shape index (κ3) is 3.27. The molecule has 4 rings (SSSR count). The molecule has 0 amide bonds. The van der Waals surface area contributed by atoms with Gasteiger partial charge in [-0.05, 0) is 41.1 Å². The Morgan fingerprint density at radius 1 is 0.667 bits per heavy atom. The van der Waals surface area contributed by atoms with E-state index < -0.39 is 0 Å². The molecule has 0 aliphatic heterocycles. The van der Waals surface area contributed by atoms with E-state index in [0.29, 0.717) is 11.5 Å². The number of methoxy groups -OCH3 is 2. The maximum absolute atomic E-state index is 6.00. The zero-order chi connectivity index (χ0) is 18.8. The van der Waals surface area contributed by atoms with Crippen LogP contribution in [-0.2, 0) is 0 Å². The van der Waals surface area contributed by atoms with E-state index in [2.05, 4.69) is 34.2 Å². The summed E-state index contributed by atoms with van der Waals surface area (Å²) in [7, 11) is 3.22. The first kappa shape index (κ1) is 16.8. The van der Waals surface area contributed by atoms with Crippen LogP contribution in [-0.4, -0.2) is 24.2 Å². The molecular formula is C22H19N3O2. The van der Waals surface area contributed by atoms with E-state index >= 15 is 0 Å². The minimum atomic E-state index is 0.227. The van der Waals surface area contributed by atoms with Crippen molar-refractivity contribution in [2.24, 2.45) is 0 Å². The van der Waals surface area contributed by atoms with Gasteiger partial charge in [0, 0.05) is 11.1 Å². The van der Waals surface area contributed by atoms with Gasteiger partial charge in [0.25, 0.3) is 0 Å². The van der Waals surface area contributed by atoms with Gasteiger partial charge in [0.15, 0.2) is 11.5 Å². The molecule has 0 aliphatic rings. The number of rotatable bonds is 4. The van der Waals surface area contributed by atoms with Crippen LogP contribution in [0.1, 0.15) is 0 Å². The summed E-state index contributed by atoms with van der Waals surface area (Å²) in [6, 6.07) is 22.0. The van der Waals surface area contributed by atoms with Crippen LogP contribution >= 0.6 is 0 Å². The zero-order valence-corrected chi connectivity index (χ0v) is 15.1. The molecular weight excluding hydrogens is 338 g/mol. The third-order valence-corrected chi connectivity index (χ3v) is 4.47. The highest BCUT2D eigenvalue weighted by Gasteiger charge is 2.11. The number of nitrogen functional groups attached to an aromatic ring is 1. The lowest BCUT2D eigenvalue weighted by Crippen LogP contribution is -1.99. The van der Waals surface area contributed by atoms with Crippen molar-refractivity contribution in [3.63, 3.8) is 0 Å². The third-order valence-electron chi connectivity index (χ3n) is 4.47. The van der Waals surface area contributed by atoms with Crippen molar-refractivity contribution >= 4 is 16.7 Å². The van der Waals surface area contributed by atoms with Crippen molar-refractivity contribution in [2.75, 3.05) is 20.0 Å². The van der Waals surface area contributed by atoms with Gasteiger partial charge in [-0.25, -0.2) is 9.97 Å². The van der Waals surface area contributed by atoms with Gasteiger partial charge in [-0.1, -0.05) is 36.4 Å². The molecule has 0 aliphatic carbocycles.